The van der Waals surface area contributed by atoms with Crippen molar-refractivity contribution in [3.63, 3.8) is 0 Å². The summed E-state index contributed by atoms with van der Waals surface area (Å²) in [6.07, 6.45) is 2.94. The van der Waals surface area contributed by atoms with E-state index in [0.29, 0.717) is 5.92 Å². The first-order valence-corrected chi connectivity index (χ1v) is 9.96. The van der Waals surface area contributed by atoms with E-state index in [9.17, 15) is 5.11 Å². The van der Waals surface area contributed by atoms with Gasteiger partial charge in [0, 0.05) is 17.1 Å². The normalized spacial score (nSPS) is 12.2. The minimum Gasteiger partial charge on any atom is -0.386 e. The van der Waals surface area contributed by atoms with Crippen LogP contribution in [0.4, 0.5) is 0 Å². The lowest BCUT2D eigenvalue weighted by Gasteiger charge is -2.23. The second-order valence-electron chi connectivity index (χ2n) is 8.62. The van der Waals surface area contributed by atoms with Gasteiger partial charge in [0.1, 0.15) is 0 Å². The molecule has 142 valence electrons. The molecule has 0 spiro atoms. The lowest BCUT2D eigenvalue weighted by molar-refractivity contribution is 0.0793. The molecule has 28 heavy (non-hydrogen) atoms. The molecule has 1 aromatic heterocycles. The summed E-state index contributed by atoms with van der Waals surface area (Å²) in [6, 6.07) is 21.3. The van der Waals surface area contributed by atoms with Crippen LogP contribution in [-0.4, -0.2) is 10.1 Å². The zero-order valence-electron chi connectivity index (χ0n) is 17.0. The van der Waals surface area contributed by atoms with Crippen LogP contribution in [0.2, 0.25) is 0 Å². The van der Waals surface area contributed by atoms with Crippen molar-refractivity contribution in [3.8, 4) is 11.3 Å². The third-order valence-electron chi connectivity index (χ3n) is 5.27. The number of nitrogens with zero attached hydrogens (tertiary/aromatic N) is 1. The molecule has 2 nitrogen and oxygen atoms in total. The molecule has 0 bridgehead atoms. The standard InChI is InChI=1S/C26H27NO/c1-17(2)13-18-9-10-22-21(14-18)11-12-27-25(22)23-15-19-7-5-6-8-20(19)16-24(23)26(3,4)28/h5-12,14-17,28H,13H2,1-4H3. The number of hydrogen-bond donors (Lipinski definition) is 1. The first-order chi connectivity index (χ1) is 13.3. The summed E-state index contributed by atoms with van der Waals surface area (Å²) >= 11 is 0. The van der Waals surface area contributed by atoms with Gasteiger partial charge in [-0.05, 0) is 71.7 Å². The Morgan fingerprint density at radius 2 is 1.61 bits per heavy atom. The average molecular weight is 370 g/mol. The third kappa shape index (κ3) is 3.53. The Morgan fingerprint density at radius 1 is 0.893 bits per heavy atom. The third-order valence-corrected chi connectivity index (χ3v) is 5.27. The van der Waals surface area contributed by atoms with Gasteiger partial charge in [-0.25, -0.2) is 0 Å². The van der Waals surface area contributed by atoms with Gasteiger partial charge in [0.25, 0.3) is 0 Å². The molecule has 0 aliphatic heterocycles. The summed E-state index contributed by atoms with van der Waals surface area (Å²) in [5.41, 5.74) is 3.21. The van der Waals surface area contributed by atoms with Crippen molar-refractivity contribution < 1.29 is 5.11 Å². The number of aromatic nitrogens is 1. The van der Waals surface area contributed by atoms with Gasteiger partial charge in [0.2, 0.25) is 0 Å². The van der Waals surface area contributed by atoms with Crippen molar-refractivity contribution in [2.45, 2.75) is 39.7 Å². The summed E-state index contributed by atoms with van der Waals surface area (Å²) < 4.78 is 0. The molecule has 2 heteroatoms. The van der Waals surface area contributed by atoms with Crippen LogP contribution in [0, 0.1) is 5.92 Å². The Hall–Kier alpha value is -2.71. The number of hydrogen-bond acceptors (Lipinski definition) is 2. The van der Waals surface area contributed by atoms with E-state index in [1.54, 1.807) is 0 Å². The van der Waals surface area contributed by atoms with Gasteiger partial charge in [-0.3, -0.25) is 4.98 Å². The van der Waals surface area contributed by atoms with Crippen molar-refractivity contribution in [1.29, 1.82) is 0 Å². The number of fused-ring (bicyclic) bond motifs is 2. The van der Waals surface area contributed by atoms with Gasteiger partial charge in [0.15, 0.2) is 0 Å². The van der Waals surface area contributed by atoms with Gasteiger partial charge in [-0.2, -0.15) is 0 Å². The summed E-state index contributed by atoms with van der Waals surface area (Å²) in [5.74, 6) is 0.626. The molecule has 1 heterocycles. The molecule has 0 amide bonds. The fourth-order valence-corrected chi connectivity index (χ4v) is 3.98. The molecule has 0 saturated carbocycles. The second-order valence-corrected chi connectivity index (χ2v) is 8.62. The molecule has 1 N–H and O–H groups in total. The summed E-state index contributed by atoms with van der Waals surface area (Å²) in [4.78, 5) is 4.74. The lowest BCUT2D eigenvalue weighted by atomic mass is 9.87. The van der Waals surface area contributed by atoms with E-state index in [-0.39, 0.29) is 0 Å². The van der Waals surface area contributed by atoms with Gasteiger partial charge < -0.3 is 5.11 Å². The molecule has 0 radical (unpaired) electrons. The summed E-state index contributed by atoms with van der Waals surface area (Å²) in [6.45, 7) is 8.17. The van der Waals surface area contributed by atoms with Crippen molar-refractivity contribution in [2.75, 3.05) is 0 Å². The molecule has 0 unspecified atom stereocenters. The molecular formula is C26H27NO. The highest BCUT2D eigenvalue weighted by Gasteiger charge is 2.23. The predicted molar refractivity (Wildman–Crippen MR) is 118 cm³/mol. The van der Waals surface area contributed by atoms with Crippen LogP contribution in [0.25, 0.3) is 32.8 Å². The Balaban J connectivity index is 1.98. The van der Waals surface area contributed by atoms with Crippen molar-refractivity contribution >= 4 is 21.5 Å². The molecular weight excluding hydrogens is 342 g/mol. The SMILES string of the molecule is CC(C)Cc1ccc2c(-c3cc4ccccc4cc3C(C)(C)O)nccc2c1. The molecule has 0 saturated heterocycles. The first kappa shape index (κ1) is 18.6. The Morgan fingerprint density at radius 3 is 2.29 bits per heavy atom. The van der Waals surface area contributed by atoms with Crippen LogP contribution in [0.5, 0.6) is 0 Å². The minimum absolute atomic E-state index is 0.626. The van der Waals surface area contributed by atoms with Crippen LogP contribution in [0.3, 0.4) is 0 Å². The number of rotatable bonds is 4. The topological polar surface area (TPSA) is 33.1 Å². The quantitative estimate of drug-likeness (QED) is 0.446. The lowest BCUT2D eigenvalue weighted by Crippen LogP contribution is -2.17. The zero-order valence-corrected chi connectivity index (χ0v) is 17.0. The highest BCUT2D eigenvalue weighted by Crippen LogP contribution is 2.37. The molecule has 4 rings (SSSR count). The zero-order chi connectivity index (χ0) is 19.9. The van der Waals surface area contributed by atoms with Crippen LogP contribution in [-0.2, 0) is 12.0 Å². The molecule has 0 atom stereocenters. The fourth-order valence-electron chi connectivity index (χ4n) is 3.98. The number of benzene rings is 3. The predicted octanol–water partition coefficient (Wildman–Crippen LogP) is 6.48. The maximum Gasteiger partial charge on any atom is 0.0847 e. The van der Waals surface area contributed by atoms with E-state index >= 15 is 0 Å². The van der Waals surface area contributed by atoms with Crippen LogP contribution < -0.4 is 0 Å². The van der Waals surface area contributed by atoms with E-state index in [2.05, 4.69) is 62.4 Å². The van der Waals surface area contributed by atoms with Crippen LogP contribution >= 0.6 is 0 Å². The van der Waals surface area contributed by atoms with Crippen molar-refractivity contribution in [1.82, 2.24) is 4.98 Å². The first-order valence-electron chi connectivity index (χ1n) is 9.96. The molecule has 3 aromatic carbocycles. The molecule has 0 fully saturated rings. The van der Waals surface area contributed by atoms with E-state index in [1.807, 2.05) is 32.2 Å². The molecule has 0 aliphatic carbocycles. The van der Waals surface area contributed by atoms with Gasteiger partial charge in [-0.1, -0.05) is 56.3 Å². The smallest absolute Gasteiger partial charge is 0.0847 e. The minimum atomic E-state index is -0.958. The molecule has 0 aliphatic rings. The van der Waals surface area contributed by atoms with Gasteiger partial charge in [0.05, 0.1) is 11.3 Å². The van der Waals surface area contributed by atoms with Crippen LogP contribution in [0.15, 0.2) is 66.9 Å². The Kier molecular flexibility index (Phi) is 4.68. The average Bonchev–Trinajstić information content (AvgIpc) is 2.65. The number of aliphatic hydroxyl groups is 1. The highest BCUT2D eigenvalue weighted by atomic mass is 16.3. The maximum absolute atomic E-state index is 10.9. The van der Waals surface area contributed by atoms with E-state index in [0.717, 1.165) is 39.4 Å². The van der Waals surface area contributed by atoms with E-state index in [1.165, 1.54) is 10.9 Å². The summed E-state index contributed by atoms with van der Waals surface area (Å²) in [5, 5.41) is 15.5. The molecule has 4 aromatic rings. The maximum atomic E-state index is 10.9. The monoisotopic (exact) mass is 369 g/mol. The summed E-state index contributed by atoms with van der Waals surface area (Å²) in [7, 11) is 0. The van der Waals surface area contributed by atoms with Gasteiger partial charge in [-0.15, -0.1) is 0 Å². The highest BCUT2D eigenvalue weighted by molar-refractivity contribution is 5.98. The van der Waals surface area contributed by atoms with E-state index in [4.69, 9.17) is 4.98 Å². The Labute approximate surface area is 166 Å². The van der Waals surface area contributed by atoms with E-state index < -0.39 is 5.60 Å². The van der Waals surface area contributed by atoms with Crippen LogP contribution in [0.1, 0.15) is 38.8 Å². The van der Waals surface area contributed by atoms with Crippen molar-refractivity contribution in [3.05, 3.63) is 78.0 Å². The second kappa shape index (κ2) is 7.03. The van der Waals surface area contributed by atoms with Crippen molar-refractivity contribution in [2.24, 2.45) is 5.92 Å². The van der Waals surface area contributed by atoms with Gasteiger partial charge >= 0.3 is 0 Å². The number of pyridine rings is 1. The fraction of sp³-hybridized carbons (Fsp3) is 0.269. The largest absolute Gasteiger partial charge is 0.386 e. The Bertz CT molecular complexity index is 1150.